The van der Waals surface area contributed by atoms with Gasteiger partial charge in [-0.3, -0.25) is 25.7 Å². The molecule has 0 radical (unpaired) electrons. The van der Waals surface area contributed by atoms with Crippen LogP contribution in [0.5, 0.6) is 0 Å². The number of nitrogens with zero attached hydrogens (tertiary/aromatic N) is 3. The van der Waals surface area contributed by atoms with Gasteiger partial charge in [-0.1, -0.05) is 20.8 Å². The van der Waals surface area contributed by atoms with E-state index in [2.05, 4.69) is 31.3 Å². The Hall–Kier alpha value is -2.51. The molecule has 8 heteroatoms. The Balaban J connectivity index is 1.90. The molecule has 2 aliphatic rings. The second kappa shape index (κ2) is 5.25. The fourth-order valence-electron chi connectivity index (χ4n) is 4.10. The topological polar surface area (TPSA) is 111 Å². The Morgan fingerprint density at radius 1 is 1.21 bits per heavy atom. The Morgan fingerprint density at radius 3 is 2.42 bits per heavy atom. The zero-order valence-electron chi connectivity index (χ0n) is 13.9. The van der Waals surface area contributed by atoms with E-state index in [1.165, 1.54) is 18.6 Å². The molecule has 0 saturated heterocycles. The van der Waals surface area contributed by atoms with Crippen LogP contribution in [-0.2, 0) is 0 Å². The van der Waals surface area contributed by atoms with Crippen molar-refractivity contribution in [3.8, 4) is 0 Å². The van der Waals surface area contributed by atoms with Crippen LogP contribution in [0, 0.1) is 37.0 Å². The van der Waals surface area contributed by atoms with Crippen molar-refractivity contribution in [2.24, 2.45) is 21.8 Å². The summed E-state index contributed by atoms with van der Waals surface area (Å²) in [5.41, 5.74) is 3.46. The first kappa shape index (κ1) is 16.4. The number of hydrogen-bond donors (Lipinski definition) is 1. The predicted octanol–water partition coefficient (Wildman–Crippen LogP) is 4.12. The molecule has 3 rings (SSSR count). The van der Waals surface area contributed by atoms with Gasteiger partial charge in [0.05, 0.1) is 15.9 Å². The summed E-state index contributed by atoms with van der Waals surface area (Å²) >= 11 is 0. The first-order valence-electron chi connectivity index (χ1n) is 7.93. The van der Waals surface area contributed by atoms with E-state index in [9.17, 15) is 20.2 Å². The molecule has 2 aliphatic carbocycles. The Labute approximate surface area is 139 Å². The minimum absolute atomic E-state index is 0.0137. The molecule has 2 bridgehead atoms. The van der Waals surface area contributed by atoms with Crippen LogP contribution in [0.15, 0.2) is 23.3 Å². The number of hydrazone groups is 1. The number of nitrogens with one attached hydrogen (secondary N) is 1. The van der Waals surface area contributed by atoms with Crippen LogP contribution in [0.25, 0.3) is 0 Å². The molecule has 1 aromatic rings. The van der Waals surface area contributed by atoms with Gasteiger partial charge in [0.25, 0.3) is 5.69 Å². The SMILES string of the molecule is CC12CCC(CC1=NNc1ccc([N+](=O)[O-])cc1[N+](=O)[O-])C2(C)C. The summed E-state index contributed by atoms with van der Waals surface area (Å²) in [7, 11) is 0. The van der Waals surface area contributed by atoms with E-state index in [4.69, 9.17) is 0 Å². The van der Waals surface area contributed by atoms with E-state index in [1.807, 2.05) is 0 Å². The Morgan fingerprint density at radius 2 is 1.92 bits per heavy atom. The molecule has 1 N–H and O–H groups in total. The lowest BCUT2D eigenvalue weighted by Gasteiger charge is -2.34. The van der Waals surface area contributed by atoms with Crippen molar-refractivity contribution in [3.63, 3.8) is 0 Å². The van der Waals surface area contributed by atoms with E-state index in [1.54, 1.807) is 0 Å². The molecule has 0 spiro atoms. The molecule has 2 saturated carbocycles. The third kappa shape index (κ3) is 2.24. The van der Waals surface area contributed by atoms with Crippen molar-refractivity contribution >= 4 is 22.8 Å². The molecule has 128 valence electrons. The number of non-ortho nitro benzene ring substituents is 1. The number of hydrogen-bond acceptors (Lipinski definition) is 6. The maximum Gasteiger partial charge on any atom is 0.301 e. The van der Waals surface area contributed by atoms with E-state index >= 15 is 0 Å². The van der Waals surface area contributed by atoms with Crippen molar-refractivity contribution in [3.05, 3.63) is 38.4 Å². The van der Waals surface area contributed by atoms with Gasteiger partial charge < -0.3 is 0 Å². The summed E-state index contributed by atoms with van der Waals surface area (Å²) in [5, 5.41) is 26.4. The van der Waals surface area contributed by atoms with Gasteiger partial charge in [-0.15, -0.1) is 0 Å². The highest BCUT2D eigenvalue weighted by atomic mass is 16.6. The number of nitro groups is 2. The number of rotatable bonds is 4. The highest BCUT2D eigenvalue weighted by Crippen LogP contribution is 2.63. The molecule has 0 heterocycles. The second-order valence-corrected chi connectivity index (χ2v) is 7.38. The minimum Gasteiger partial charge on any atom is -0.272 e. The molecule has 24 heavy (non-hydrogen) atoms. The van der Waals surface area contributed by atoms with Gasteiger partial charge in [-0.2, -0.15) is 5.10 Å². The van der Waals surface area contributed by atoms with Crippen LogP contribution in [0.1, 0.15) is 40.0 Å². The van der Waals surface area contributed by atoms with Crippen LogP contribution in [0.2, 0.25) is 0 Å². The molecule has 1 aromatic carbocycles. The highest BCUT2D eigenvalue weighted by Gasteiger charge is 2.60. The lowest BCUT2D eigenvalue weighted by Crippen LogP contribution is -2.32. The zero-order valence-corrected chi connectivity index (χ0v) is 13.9. The van der Waals surface area contributed by atoms with Crippen LogP contribution in [0.3, 0.4) is 0 Å². The first-order valence-corrected chi connectivity index (χ1v) is 7.93. The normalized spacial score (nSPS) is 29.0. The summed E-state index contributed by atoms with van der Waals surface area (Å²) in [6.07, 6.45) is 3.13. The van der Waals surface area contributed by atoms with Gasteiger partial charge >= 0.3 is 5.69 Å². The first-order chi connectivity index (χ1) is 11.2. The standard InChI is InChI=1S/C16H20N4O4/c1-15(2)10-6-7-16(15,3)14(8-10)18-17-12-5-4-11(19(21)22)9-13(12)20(23)24/h4-5,9-10,17H,6-8H2,1-3H3. The van der Waals surface area contributed by atoms with Gasteiger partial charge in [0.2, 0.25) is 0 Å². The zero-order chi connectivity index (χ0) is 17.7. The molecule has 0 aromatic heterocycles. The molecule has 2 unspecified atom stereocenters. The maximum atomic E-state index is 11.2. The predicted molar refractivity (Wildman–Crippen MR) is 90.0 cm³/mol. The van der Waals surface area contributed by atoms with Crippen LogP contribution in [0.4, 0.5) is 17.1 Å². The molecule has 8 nitrogen and oxygen atoms in total. The van der Waals surface area contributed by atoms with Crippen molar-refractivity contribution in [2.45, 2.75) is 40.0 Å². The smallest absolute Gasteiger partial charge is 0.272 e. The van der Waals surface area contributed by atoms with E-state index < -0.39 is 9.85 Å². The van der Waals surface area contributed by atoms with Gasteiger partial charge in [0, 0.05) is 17.2 Å². The lowest BCUT2D eigenvalue weighted by molar-refractivity contribution is -0.393. The van der Waals surface area contributed by atoms with Crippen molar-refractivity contribution < 1.29 is 9.85 Å². The average molecular weight is 332 g/mol. The van der Waals surface area contributed by atoms with E-state index in [0.29, 0.717) is 5.92 Å². The molecular weight excluding hydrogens is 312 g/mol. The monoisotopic (exact) mass is 332 g/mol. The number of fused-ring (bicyclic) bond motifs is 2. The van der Waals surface area contributed by atoms with E-state index in [0.717, 1.165) is 24.6 Å². The summed E-state index contributed by atoms with van der Waals surface area (Å²) < 4.78 is 0. The third-order valence-corrected chi connectivity index (χ3v) is 6.21. The number of benzene rings is 1. The van der Waals surface area contributed by atoms with Gasteiger partial charge in [-0.25, -0.2) is 0 Å². The Bertz CT molecular complexity index is 758. The molecule has 0 amide bonds. The third-order valence-electron chi connectivity index (χ3n) is 6.21. The second-order valence-electron chi connectivity index (χ2n) is 7.38. The highest BCUT2D eigenvalue weighted by molar-refractivity contribution is 5.95. The molecular formula is C16H20N4O4. The number of anilines is 1. The van der Waals surface area contributed by atoms with Gasteiger partial charge in [0.1, 0.15) is 5.69 Å². The maximum absolute atomic E-state index is 11.2. The van der Waals surface area contributed by atoms with Crippen molar-refractivity contribution in [2.75, 3.05) is 5.43 Å². The summed E-state index contributed by atoms with van der Waals surface area (Å²) in [5.74, 6) is 0.579. The van der Waals surface area contributed by atoms with Gasteiger partial charge in [-0.05, 0) is 36.7 Å². The van der Waals surface area contributed by atoms with E-state index in [-0.39, 0.29) is 27.9 Å². The minimum atomic E-state index is -0.651. The van der Waals surface area contributed by atoms with Crippen LogP contribution < -0.4 is 5.43 Å². The molecule has 2 fully saturated rings. The fourth-order valence-corrected chi connectivity index (χ4v) is 4.10. The number of nitro benzene ring substituents is 2. The summed E-state index contributed by atoms with van der Waals surface area (Å²) in [4.78, 5) is 20.7. The molecule has 2 atom stereocenters. The average Bonchev–Trinajstić information content (AvgIpc) is 2.85. The Kier molecular flexibility index (Phi) is 3.58. The van der Waals surface area contributed by atoms with Crippen LogP contribution >= 0.6 is 0 Å². The van der Waals surface area contributed by atoms with Crippen molar-refractivity contribution in [1.82, 2.24) is 0 Å². The summed E-state index contributed by atoms with van der Waals surface area (Å²) in [6, 6.07) is 3.53. The quantitative estimate of drug-likeness (QED) is 0.658. The lowest BCUT2D eigenvalue weighted by atomic mass is 9.70. The largest absolute Gasteiger partial charge is 0.301 e. The summed E-state index contributed by atoms with van der Waals surface area (Å²) in [6.45, 7) is 6.70. The fraction of sp³-hybridized carbons (Fsp3) is 0.562. The van der Waals surface area contributed by atoms with Crippen molar-refractivity contribution in [1.29, 1.82) is 0 Å². The molecule has 0 aliphatic heterocycles. The van der Waals surface area contributed by atoms with Gasteiger partial charge in [0.15, 0.2) is 0 Å². The van der Waals surface area contributed by atoms with Crippen LogP contribution in [-0.4, -0.2) is 15.6 Å².